The van der Waals surface area contributed by atoms with Gasteiger partial charge in [0.1, 0.15) is 6.04 Å². The van der Waals surface area contributed by atoms with E-state index in [-0.39, 0.29) is 17.7 Å². The Labute approximate surface area is 124 Å². The van der Waals surface area contributed by atoms with Crippen LogP contribution in [0.3, 0.4) is 0 Å². The Bertz CT molecular complexity index is 659. The molecule has 0 heterocycles. The van der Waals surface area contributed by atoms with Crippen LogP contribution >= 0.6 is 0 Å². The summed E-state index contributed by atoms with van der Waals surface area (Å²) >= 11 is 0. The van der Waals surface area contributed by atoms with Crippen molar-refractivity contribution in [1.29, 1.82) is 0 Å². The fourth-order valence-corrected chi connectivity index (χ4v) is 2.33. The molecule has 2 aromatic rings. The summed E-state index contributed by atoms with van der Waals surface area (Å²) in [4.78, 5) is 24.4. The minimum Gasteiger partial charge on any atom is -0.357 e. The highest BCUT2D eigenvalue weighted by molar-refractivity contribution is 6.08. The summed E-state index contributed by atoms with van der Waals surface area (Å²) in [6.07, 6.45) is 0. The fourth-order valence-electron chi connectivity index (χ4n) is 2.33. The van der Waals surface area contributed by atoms with E-state index in [2.05, 4.69) is 10.6 Å². The van der Waals surface area contributed by atoms with Crippen LogP contribution in [0.25, 0.3) is 10.8 Å². The fraction of sp³-hybridized carbons (Fsp3) is 0.294. The van der Waals surface area contributed by atoms with Crippen molar-refractivity contribution in [2.45, 2.75) is 19.9 Å². The van der Waals surface area contributed by atoms with E-state index in [4.69, 9.17) is 0 Å². The predicted molar refractivity (Wildman–Crippen MR) is 84.1 cm³/mol. The number of carbonyl (C=O) groups excluding carboxylic acids is 2. The summed E-state index contributed by atoms with van der Waals surface area (Å²) in [5.41, 5.74) is 0.586. The van der Waals surface area contributed by atoms with E-state index in [1.54, 1.807) is 13.1 Å². The Morgan fingerprint density at radius 2 is 1.67 bits per heavy atom. The molecule has 0 bridgehead atoms. The van der Waals surface area contributed by atoms with Crippen molar-refractivity contribution in [2.75, 3.05) is 7.05 Å². The highest BCUT2D eigenvalue weighted by Gasteiger charge is 2.24. The number of rotatable bonds is 4. The molecule has 1 atom stereocenters. The molecular formula is C17H20N2O2. The third-order valence-corrected chi connectivity index (χ3v) is 3.52. The first-order chi connectivity index (χ1) is 10.0. The van der Waals surface area contributed by atoms with Crippen molar-refractivity contribution >= 4 is 22.6 Å². The largest absolute Gasteiger partial charge is 0.357 e. The molecule has 2 rings (SSSR count). The van der Waals surface area contributed by atoms with Crippen molar-refractivity contribution in [3.63, 3.8) is 0 Å². The van der Waals surface area contributed by atoms with Gasteiger partial charge in [-0.2, -0.15) is 0 Å². The molecule has 0 fully saturated rings. The molecule has 1 unspecified atom stereocenters. The molecule has 0 saturated heterocycles. The summed E-state index contributed by atoms with van der Waals surface area (Å²) in [5, 5.41) is 7.30. The van der Waals surface area contributed by atoms with Gasteiger partial charge in [0.15, 0.2) is 0 Å². The normalized spacial score (nSPS) is 12.2. The smallest absolute Gasteiger partial charge is 0.252 e. The molecule has 21 heavy (non-hydrogen) atoms. The molecule has 4 nitrogen and oxygen atoms in total. The van der Waals surface area contributed by atoms with E-state index in [1.165, 1.54) is 0 Å². The van der Waals surface area contributed by atoms with E-state index >= 15 is 0 Å². The predicted octanol–water partition coefficient (Wildman–Crippen LogP) is 2.34. The number of nitrogens with one attached hydrogen (secondary N) is 2. The minimum absolute atomic E-state index is 0.0175. The van der Waals surface area contributed by atoms with Gasteiger partial charge in [-0.25, -0.2) is 0 Å². The van der Waals surface area contributed by atoms with Gasteiger partial charge >= 0.3 is 0 Å². The zero-order chi connectivity index (χ0) is 15.4. The molecule has 0 aromatic heterocycles. The second kappa shape index (κ2) is 6.39. The molecule has 0 saturated carbocycles. The monoisotopic (exact) mass is 284 g/mol. The highest BCUT2D eigenvalue weighted by atomic mass is 16.2. The lowest BCUT2D eigenvalue weighted by Crippen LogP contribution is -2.48. The quantitative estimate of drug-likeness (QED) is 0.905. The molecule has 2 aromatic carbocycles. The van der Waals surface area contributed by atoms with Gasteiger partial charge in [0.2, 0.25) is 5.91 Å². The average Bonchev–Trinajstić information content (AvgIpc) is 2.50. The summed E-state index contributed by atoms with van der Waals surface area (Å²) in [6.45, 7) is 3.81. The zero-order valence-electron chi connectivity index (χ0n) is 12.5. The Hall–Kier alpha value is -2.36. The van der Waals surface area contributed by atoms with Gasteiger partial charge < -0.3 is 10.6 Å². The SMILES string of the molecule is CNC(=O)C(NC(=O)c1cccc2ccccc12)C(C)C. The molecular weight excluding hydrogens is 264 g/mol. The van der Waals surface area contributed by atoms with E-state index in [1.807, 2.05) is 50.2 Å². The van der Waals surface area contributed by atoms with Gasteiger partial charge in [-0.15, -0.1) is 0 Å². The van der Waals surface area contributed by atoms with E-state index in [9.17, 15) is 9.59 Å². The maximum atomic E-state index is 12.5. The molecule has 0 aliphatic carbocycles. The molecule has 0 radical (unpaired) electrons. The Morgan fingerprint density at radius 3 is 2.33 bits per heavy atom. The first-order valence-corrected chi connectivity index (χ1v) is 7.04. The van der Waals surface area contributed by atoms with Crippen LogP contribution in [0.2, 0.25) is 0 Å². The molecule has 0 spiro atoms. The Morgan fingerprint density at radius 1 is 1.00 bits per heavy atom. The Kier molecular flexibility index (Phi) is 4.58. The summed E-state index contributed by atoms with van der Waals surface area (Å²) in [5.74, 6) is -0.392. The molecule has 2 amide bonds. The van der Waals surface area contributed by atoms with Crippen LogP contribution in [0.1, 0.15) is 24.2 Å². The standard InChI is InChI=1S/C17H20N2O2/c1-11(2)15(17(21)18-3)19-16(20)14-10-6-8-12-7-4-5-9-13(12)14/h4-11,15H,1-3H3,(H,18,21)(H,19,20). The van der Waals surface area contributed by atoms with E-state index in [0.717, 1.165) is 10.8 Å². The molecule has 0 aliphatic rings. The van der Waals surface area contributed by atoms with Gasteiger partial charge in [-0.3, -0.25) is 9.59 Å². The van der Waals surface area contributed by atoms with Crippen LogP contribution < -0.4 is 10.6 Å². The van der Waals surface area contributed by atoms with Gasteiger partial charge in [0.25, 0.3) is 5.91 Å². The lowest BCUT2D eigenvalue weighted by Gasteiger charge is -2.21. The van der Waals surface area contributed by atoms with Gasteiger partial charge in [0.05, 0.1) is 0 Å². The lowest BCUT2D eigenvalue weighted by molar-refractivity contribution is -0.123. The third-order valence-electron chi connectivity index (χ3n) is 3.52. The molecule has 2 N–H and O–H groups in total. The van der Waals surface area contributed by atoms with Crippen LogP contribution in [-0.4, -0.2) is 24.9 Å². The molecule has 0 aliphatic heterocycles. The van der Waals surface area contributed by atoms with Gasteiger partial charge in [-0.05, 0) is 22.8 Å². The van der Waals surface area contributed by atoms with Gasteiger partial charge in [0, 0.05) is 12.6 Å². The first-order valence-electron chi connectivity index (χ1n) is 7.04. The number of hydrogen-bond acceptors (Lipinski definition) is 2. The number of benzene rings is 2. The maximum absolute atomic E-state index is 12.5. The average molecular weight is 284 g/mol. The summed E-state index contributed by atoms with van der Waals surface area (Å²) in [7, 11) is 1.57. The van der Waals surface area contributed by atoms with Crippen LogP contribution in [0.5, 0.6) is 0 Å². The van der Waals surface area contributed by atoms with Crippen molar-refractivity contribution in [3.05, 3.63) is 48.0 Å². The zero-order valence-corrected chi connectivity index (χ0v) is 12.5. The van der Waals surface area contributed by atoms with E-state index in [0.29, 0.717) is 5.56 Å². The van der Waals surface area contributed by atoms with Crippen LogP contribution in [-0.2, 0) is 4.79 Å². The van der Waals surface area contributed by atoms with Crippen molar-refractivity contribution < 1.29 is 9.59 Å². The third kappa shape index (κ3) is 3.21. The lowest BCUT2D eigenvalue weighted by atomic mass is 10.0. The number of fused-ring (bicyclic) bond motifs is 1. The Balaban J connectivity index is 2.32. The van der Waals surface area contributed by atoms with Gasteiger partial charge in [-0.1, -0.05) is 50.2 Å². The number of likely N-dealkylation sites (N-methyl/N-ethyl adjacent to an activating group) is 1. The van der Waals surface area contributed by atoms with Crippen molar-refractivity contribution in [3.8, 4) is 0 Å². The summed E-state index contributed by atoms with van der Waals surface area (Å²) < 4.78 is 0. The number of carbonyl (C=O) groups is 2. The second-order valence-corrected chi connectivity index (χ2v) is 5.34. The maximum Gasteiger partial charge on any atom is 0.252 e. The summed E-state index contributed by atoms with van der Waals surface area (Å²) in [6, 6.07) is 12.8. The van der Waals surface area contributed by atoms with Crippen LogP contribution in [0.4, 0.5) is 0 Å². The highest BCUT2D eigenvalue weighted by Crippen LogP contribution is 2.18. The van der Waals surface area contributed by atoms with Crippen molar-refractivity contribution in [2.24, 2.45) is 5.92 Å². The molecule has 110 valence electrons. The number of amides is 2. The first kappa shape index (κ1) is 15.0. The topological polar surface area (TPSA) is 58.2 Å². The van der Waals surface area contributed by atoms with Crippen molar-refractivity contribution in [1.82, 2.24) is 10.6 Å². The van der Waals surface area contributed by atoms with Crippen LogP contribution in [0, 0.1) is 5.92 Å². The van der Waals surface area contributed by atoms with Crippen LogP contribution in [0.15, 0.2) is 42.5 Å². The second-order valence-electron chi connectivity index (χ2n) is 5.34. The number of hydrogen-bond donors (Lipinski definition) is 2. The minimum atomic E-state index is -0.540. The molecule has 4 heteroatoms. The van der Waals surface area contributed by atoms with E-state index < -0.39 is 6.04 Å².